The normalized spacial score (nSPS) is 12.2. The molecule has 0 saturated heterocycles. The molecule has 0 heterocycles. The molecule has 1 rings (SSSR count). The van der Waals surface area contributed by atoms with Gasteiger partial charge in [-0.25, -0.2) is 0 Å². The van der Waals surface area contributed by atoms with Crippen LogP contribution in [0, 0.1) is 17.0 Å². The molecule has 0 radical (unpaired) electrons. The van der Waals surface area contributed by atoms with Crippen LogP contribution in [-0.2, 0) is 0 Å². The van der Waals surface area contributed by atoms with Gasteiger partial charge < -0.3 is 5.32 Å². The van der Waals surface area contributed by atoms with Gasteiger partial charge in [0.2, 0.25) is 0 Å². The van der Waals surface area contributed by atoms with Crippen molar-refractivity contribution in [2.75, 3.05) is 17.3 Å². The zero-order chi connectivity index (χ0) is 12.8. The second-order valence-corrected chi connectivity index (χ2v) is 5.04. The Bertz CT molecular complexity index is 396. The highest BCUT2D eigenvalue weighted by atomic mass is 32.2. The highest BCUT2D eigenvalue weighted by Crippen LogP contribution is 2.28. The maximum Gasteiger partial charge on any atom is 0.292 e. The Kier molecular flexibility index (Phi) is 5.28. The van der Waals surface area contributed by atoms with E-state index in [0.29, 0.717) is 5.69 Å². The van der Waals surface area contributed by atoms with E-state index in [0.717, 1.165) is 17.7 Å². The number of hydrogen-bond acceptors (Lipinski definition) is 4. The number of rotatable bonds is 6. The van der Waals surface area contributed by atoms with E-state index in [4.69, 9.17) is 0 Å². The number of nitro benzene ring substituents is 1. The lowest BCUT2D eigenvalue weighted by molar-refractivity contribution is -0.384. The molecule has 0 saturated carbocycles. The maximum atomic E-state index is 10.9. The van der Waals surface area contributed by atoms with E-state index >= 15 is 0 Å². The van der Waals surface area contributed by atoms with Crippen LogP contribution >= 0.6 is 11.8 Å². The van der Waals surface area contributed by atoms with Crippen LogP contribution in [-0.4, -0.2) is 23.0 Å². The molecule has 0 amide bonds. The lowest BCUT2D eigenvalue weighted by Gasteiger charge is -2.16. The van der Waals surface area contributed by atoms with E-state index in [2.05, 4.69) is 11.6 Å². The van der Waals surface area contributed by atoms with Gasteiger partial charge in [-0.15, -0.1) is 0 Å². The average Bonchev–Trinajstić information content (AvgIpc) is 2.28. The van der Waals surface area contributed by atoms with Crippen molar-refractivity contribution >= 4 is 23.1 Å². The first-order chi connectivity index (χ1) is 8.06. The molecule has 5 heteroatoms. The van der Waals surface area contributed by atoms with Gasteiger partial charge >= 0.3 is 0 Å². The van der Waals surface area contributed by atoms with Gasteiger partial charge in [0.1, 0.15) is 5.69 Å². The van der Waals surface area contributed by atoms with Crippen LogP contribution in [0.3, 0.4) is 0 Å². The van der Waals surface area contributed by atoms with E-state index in [1.165, 1.54) is 6.07 Å². The second kappa shape index (κ2) is 6.49. The van der Waals surface area contributed by atoms with Crippen LogP contribution in [0.15, 0.2) is 18.2 Å². The first-order valence-electron chi connectivity index (χ1n) is 5.55. The van der Waals surface area contributed by atoms with Crippen LogP contribution in [0.2, 0.25) is 0 Å². The standard InChI is InChI=1S/C12H18N2O2S/c1-9-5-4-6-11(14(15)16)12(9)13-10(2)7-8-17-3/h4-6,10,13H,7-8H2,1-3H3. The zero-order valence-electron chi connectivity index (χ0n) is 10.4. The Morgan fingerprint density at radius 1 is 1.53 bits per heavy atom. The molecule has 1 aromatic carbocycles. The number of benzene rings is 1. The smallest absolute Gasteiger partial charge is 0.292 e. The summed E-state index contributed by atoms with van der Waals surface area (Å²) in [7, 11) is 0. The van der Waals surface area contributed by atoms with Crippen molar-refractivity contribution in [1.29, 1.82) is 0 Å². The Balaban J connectivity index is 2.85. The van der Waals surface area contributed by atoms with E-state index in [1.54, 1.807) is 17.8 Å². The zero-order valence-corrected chi connectivity index (χ0v) is 11.2. The van der Waals surface area contributed by atoms with Gasteiger partial charge in [0.05, 0.1) is 4.92 Å². The van der Waals surface area contributed by atoms with Gasteiger partial charge in [0.15, 0.2) is 0 Å². The molecule has 17 heavy (non-hydrogen) atoms. The first-order valence-corrected chi connectivity index (χ1v) is 6.95. The average molecular weight is 254 g/mol. The lowest BCUT2D eigenvalue weighted by atomic mass is 10.1. The first kappa shape index (κ1) is 13.8. The van der Waals surface area contributed by atoms with Crippen LogP contribution < -0.4 is 5.32 Å². The maximum absolute atomic E-state index is 10.9. The Labute approximate surface area is 106 Å². The van der Waals surface area contributed by atoms with Crippen molar-refractivity contribution in [1.82, 2.24) is 0 Å². The number of nitro groups is 1. The molecule has 0 fully saturated rings. The molecule has 94 valence electrons. The number of nitrogens with zero attached hydrogens (tertiary/aromatic N) is 1. The van der Waals surface area contributed by atoms with Crippen molar-refractivity contribution in [3.8, 4) is 0 Å². The van der Waals surface area contributed by atoms with Gasteiger partial charge in [-0.2, -0.15) is 11.8 Å². The summed E-state index contributed by atoms with van der Waals surface area (Å²) in [5, 5.41) is 14.2. The summed E-state index contributed by atoms with van der Waals surface area (Å²) >= 11 is 1.78. The molecule has 1 unspecified atom stereocenters. The number of hydrogen-bond donors (Lipinski definition) is 1. The fourth-order valence-corrected chi connectivity index (χ4v) is 2.19. The molecule has 0 aliphatic carbocycles. The third kappa shape index (κ3) is 3.93. The summed E-state index contributed by atoms with van der Waals surface area (Å²) in [6, 6.07) is 5.38. The van der Waals surface area contributed by atoms with Gasteiger partial charge in [-0.3, -0.25) is 10.1 Å². The van der Waals surface area contributed by atoms with Gasteiger partial charge in [-0.1, -0.05) is 12.1 Å². The number of aryl methyl sites for hydroxylation is 1. The molecular formula is C12H18N2O2S. The molecule has 0 spiro atoms. The highest BCUT2D eigenvalue weighted by molar-refractivity contribution is 7.98. The highest BCUT2D eigenvalue weighted by Gasteiger charge is 2.16. The second-order valence-electron chi connectivity index (χ2n) is 4.05. The number of anilines is 1. The minimum Gasteiger partial charge on any atom is -0.377 e. The quantitative estimate of drug-likeness (QED) is 0.624. The molecule has 0 bridgehead atoms. The van der Waals surface area contributed by atoms with Crippen molar-refractivity contribution in [2.45, 2.75) is 26.3 Å². The van der Waals surface area contributed by atoms with Crippen LogP contribution in [0.4, 0.5) is 11.4 Å². The van der Waals surface area contributed by atoms with Crippen molar-refractivity contribution in [3.05, 3.63) is 33.9 Å². The Morgan fingerprint density at radius 3 is 2.82 bits per heavy atom. The molecule has 1 aromatic rings. The summed E-state index contributed by atoms with van der Waals surface area (Å²) in [4.78, 5) is 10.6. The van der Waals surface area contributed by atoms with Gasteiger partial charge in [0, 0.05) is 12.1 Å². The fraction of sp³-hybridized carbons (Fsp3) is 0.500. The van der Waals surface area contributed by atoms with Crippen molar-refractivity contribution in [3.63, 3.8) is 0 Å². The SMILES string of the molecule is CSCCC(C)Nc1c(C)cccc1[N+](=O)[O-]. The predicted molar refractivity (Wildman–Crippen MR) is 73.9 cm³/mol. The summed E-state index contributed by atoms with van der Waals surface area (Å²) in [6.45, 7) is 3.93. The molecule has 0 aliphatic heterocycles. The lowest BCUT2D eigenvalue weighted by Crippen LogP contribution is -2.17. The Hall–Kier alpha value is -1.23. The molecule has 0 aliphatic rings. The van der Waals surface area contributed by atoms with Gasteiger partial charge in [-0.05, 0) is 37.8 Å². The number of para-hydroxylation sites is 1. The van der Waals surface area contributed by atoms with Crippen molar-refractivity contribution in [2.24, 2.45) is 0 Å². The van der Waals surface area contributed by atoms with Crippen LogP contribution in [0.25, 0.3) is 0 Å². The molecule has 0 aromatic heterocycles. The predicted octanol–water partition coefficient (Wildman–Crippen LogP) is 3.46. The van der Waals surface area contributed by atoms with E-state index in [-0.39, 0.29) is 16.7 Å². The minimum absolute atomic E-state index is 0.154. The summed E-state index contributed by atoms with van der Waals surface area (Å²) in [5.74, 6) is 1.05. The molecule has 4 nitrogen and oxygen atoms in total. The van der Waals surface area contributed by atoms with E-state index in [1.807, 2.05) is 19.9 Å². The topological polar surface area (TPSA) is 55.2 Å². The largest absolute Gasteiger partial charge is 0.377 e. The number of nitrogens with one attached hydrogen (secondary N) is 1. The summed E-state index contributed by atoms with van der Waals surface area (Å²) in [6.07, 6.45) is 3.05. The molecule has 1 atom stereocenters. The third-order valence-corrected chi connectivity index (χ3v) is 3.24. The van der Waals surface area contributed by atoms with Crippen LogP contribution in [0.5, 0.6) is 0 Å². The van der Waals surface area contributed by atoms with E-state index in [9.17, 15) is 10.1 Å². The summed E-state index contributed by atoms with van der Waals surface area (Å²) in [5.41, 5.74) is 1.71. The Morgan fingerprint density at radius 2 is 2.24 bits per heavy atom. The summed E-state index contributed by atoms with van der Waals surface area (Å²) < 4.78 is 0. The molecular weight excluding hydrogens is 236 g/mol. The van der Waals surface area contributed by atoms with Gasteiger partial charge in [0.25, 0.3) is 5.69 Å². The van der Waals surface area contributed by atoms with Crippen molar-refractivity contribution < 1.29 is 4.92 Å². The fourth-order valence-electron chi connectivity index (χ4n) is 1.61. The number of thioether (sulfide) groups is 1. The van der Waals surface area contributed by atoms with Crippen LogP contribution in [0.1, 0.15) is 18.9 Å². The third-order valence-electron chi connectivity index (χ3n) is 2.59. The molecule has 1 N–H and O–H groups in total. The van der Waals surface area contributed by atoms with E-state index < -0.39 is 0 Å². The minimum atomic E-state index is -0.337. The monoisotopic (exact) mass is 254 g/mol.